The highest BCUT2D eigenvalue weighted by Crippen LogP contribution is 2.18. The lowest BCUT2D eigenvalue weighted by molar-refractivity contribution is 0.0942. The molecule has 1 amide bonds. The molecule has 0 saturated heterocycles. The van der Waals surface area contributed by atoms with Crippen LogP contribution in [0.1, 0.15) is 54.0 Å². The Morgan fingerprint density at radius 3 is 2.52 bits per heavy atom. The van der Waals surface area contributed by atoms with Gasteiger partial charge in [-0.3, -0.25) is 9.69 Å². The molecule has 0 saturated carbocycles. The first-order valence-electron chi connectivity index (χ1n) is 9.97. The Morgan fingerprint density at radius 2 is 1.86 bits per heavy atom. The van der Waals surface area contributed by atoms with Crippen LogP contribution < -0.4 is 5.32 Å². The van der Waals surface area contributed by atoms with Crippen molar-refractivity contribution in [2.45, 2.75) is 53.4 Å². The molecule has 3 aromatic rings. The molecule has 29 heavy (non-hydrogen) atoms. The van der Waals surface area contributed by atoms with Crippen molar-refractivity contribution < 1.29 is 13.6 Å². The minimum Gasteiger partial charge on any atom is -0.467 e. The van der Waals surface area contributed by atoms with E-state index in [4.69, 9.17) is 8.83 Å². The summed E-state index contributed by atoms with van der Waals surface area (Å²) < 4.78 is 10.8. The number of amides is 1. The second-order valence-electron chi connectivity index (χ2n) is 7.76. The van der Waals surface area contributed by atoms with Crippen molar-refractivity contribution in [3.8, 4) is 0 Å². The average molecular weight is 396 g/mol. The first-order chi connectivity index (χ1) is 13.9. The van der Waals surface area contributed by atoms with E-state index >= 15 is 0 Å². The van der Waals surface area contributed by atoms with E-state index in [0.717, 1.165) is 6.54 Å². The smallest absolute Gasteiger partial charge is 0.273 e. The van der Waals surface area contributed by atoms with Crippen molar-refractivity contribution in [3.63, 3.8) is 0 Å². The third kappa shape index (κ3) is 5.81. The lowest BCUT2D eigenvalue weighted by atomic mass is 10.0. The molecule has 0 aliphatic carbocycles. The van der Waals surface area contributed by atoms with Crippen molar-refractivity contribution in [2.24, 2.45) is 5.92 Å². The minimum absolute atomic E-state index is 0.277. The van der Waals surface area contributed by atoms with Crippen molar-refractivity contribution in [1.82, 2.24) is 15.2 Å². The van der Waals surface area contributed by atoms with E-state index in [0.29, 0.717) is 36.7 Å². The number of oxazole rings is 1. The summed E-state index contributed by atoms with van der Waals surface area (Å²) in [4.78, 5) is 19.0. The van der Waals surface area contributed by atoms with Gasteiger partial charge in [-0.2, -0.15) is 0 Å². The number of carbonyl (C=O) groups excluding carboxylic acids is 1. The Balaban J connectivity index is 1.65. The highest BCUT2D eigenvalue weighted by atomic mass is 16.3. The maximum Gasteiger partial charge on any atom is 0.273 e. The van der Waals surface area contributed by atoms with Crippen molar-refractivity contribution in [2.75, 3.05) is 0 Å². The zero-order valence-electron chi connectivity index (χ0n) is 17.5. The van der Waals surface area contributed by atoms with Crippen LogP contribution in [0.25, 0.3) is 0 Å². The maximum absolute atomic E-state index is 12.3. The van der Waals surface area contributed by atoms with Crippen molar-refractivity contribution in [1.29, 1.82) is 0 Å². The third-order valence-corrected chi connectivity index (χ3v) is 5.17. The number of carbonyl (C=O) groups is 1. The van der Waals surface area contributed by atoms with Crippen LogP contribution >= 0.6 is 0 Å². The quantitative estimate of drug-likeness (QED) is 0.575. The fraction of sp³-hybridized carbons (Fsp3) is 0.391. The second-order valence-corrected chi connectivity index (χ2v) is 7.76. The molecule has 2 aromatic heterocycles. The number of aromatic nitrogens is 1. The second kappa shape index (κ2) is 9.56. The van der Waals surface area contributed by atoms with Crippen LogP contribution in [0.3, 0.4) is 0 Å². The van der Waals surface area contributed by atoms with Crippen LogP contribution in [0.5, 0.6) is 0 Å². The third-order valence-electron chi connectivity index (χ3n) is 5.17. The SMILES string of the molecule is Cc1ccc(CN(Cc2nc(C(=O)NCc3ccco3)co2)C(C)C(C)C)cc1. The molecule has 0 spiro atoms. The van der Waals surface area contributed by atoms with E-state index in [-0.39, 0.29) is 11.6 Å². The van der Waals surface area contributed by atoms with Crippen LogP contribution in [0.15, 0.2) is 57.8 Å². The number of rotatable bonds is 9. The molecule has 1 atom stereocenters. The Bertz CT molecular complexity index is 898. The molecule has 2 heterocycles. The number of benzene rings is 1. The van der Waals surface area contributed by atoms with Gasteiger partial charge in [0.1, 0.15) is 12.0 Å². The lowest BCUT2D eigenvalue weighted by Gasteiger charge is -2.30. The van der Waals surface area contributed by atoms with Crippen LogP contribution in [0, 0.1) is 12.8 Å². The van der Waals surface area contributed by atoms with Crippen molar-refractivity contribution in [3.05, 3.63) is 77.4 Å². The molecule has 0 fully saturated rings. The molecule has 6 heteroatoms. The van der Waals surface area contributed by atoms with Gasteiger partial charge >= 0.3 is 0 Å². The number of hydrogen-bond donors (Lipinski definition) is 1. The summed E-state index contributed by atoms with van der Waals surface area (Å²) in [6.45, 7) is 10.4. The summed E-state index contributed by atoms with van der Waals surface area (Å²) in [7, 11) is 0. The Labute approximate surface area is 171 Å². The first kappa shape index (κ1) is 20.9. The zero-order valence-corrected chi connectivity index (χ0v) is 17.5. The normalized spacial score (nSPS) is 12.5. The lowest BCUT2D eigenvalue weighted by Crippen LogP contribution is -2.36. The molecular formula is C23H29N3O3. The molecule has 1 unspecified atom stereocenters. The van der Waals surface area contributed by atoms with Gasteiger partial charge in [0.15, 0.2) is 5.69 Å². The molecule has 0 bridgehead atoms. The molecule has 3 rings (SSSR count). The van der Waals surface area contributed by atoms with Gasteiger partial charge in [0, 0.05) is 12.6 Å². The predicted molar refractivity (Wildman–Crippen MR) is 111 cm³/mol. The fourth-order valence-electron chi connectivity index (χ4n) is 3.03. The molecule has 1 aromatic carbocycles. The summed E-state index contributed by atoms with van der Waals surface area (Å²) in [6.07, 6.45) is 2.99. The Hall–Kier alpha value is -2.86. The number of nitrogens with zero attached hydrogens (tertiary/aromatic N) is 2. The predicted octanol–water partition coefficient (Wildman–Crippen LogP) is 4.55. The minimum atomic E-state index is -0.279. The van der Waals surface area contributed by atoms with Crippen LogP contribution in [0.4, 0.5) is 0 Å². The van der Waals surface area contributed by atoms with E-state index < -0.39 is 0 Å². The highest BCUT2D eigenvalue weighted by Gasteiger charge is 2.21. The molecule has 0 aliphatic heterocycles. The summed E-state index contributed by atoms with van der Waals surface area (Å²) >= 11 is 0. The van der Waals surface area contributed by atoms with Gasteiger partial charge in [-0.1, -0.05) is 43.7 Å². The van der Waals surface area contributed by atoms with Gasteiger partial charge in [-0.25, -0.2) is 4.98 Å². The molecular weight excluding hydrogens is 366 g/mol. The maximum atomic E-state index is 12.3. The van der Waals surface area contributed by atoms with Gasteiger partial charge in [0.25, 0.3) is 5.91 Å². The summed E-state index contributed by atoms with van der Waals surface area (Å²) in [6, 6.07) is 12.5. The number of nitrogens with one attached hydrogen (secondary N) is 1. The van der Waals surface area contributed by atoms with Crippen molar-refractivity contribution >= 4 is 5.91 Å². The number of furan rings is 1. The molecule has 0 aliphatic rings. The van der Waals surface area contributed by atoms with Crippen LogP contribution in [-0.4, -0.2) is 21.8 Å². The highest BCUT2D eigenvalue weighted by molar-refractivity contribution is 5.91. The van der Waals surface area contributed by atoms with Gasteiger partial charge in [0.05, 0.1) is 19.4 Å². The van der Waals surface area contributed by atoms with Gasteiger partial charge in [-0.15, -0.1) is 0 Å². The number of aryl methyl sites for hydroxylation is 1. The standard InChI is InChI=1S/C23H29N3O3/c1-16(2)18(4)26(13-19-9-7-17(3)8-10-19)14-22-25-21(15-29-22)23(27)24-12-20-6-5-11-28-20/h5-11,15-16,18H,12-14H2,1-4H3,(H,24,27). The largest absolute Gasteiger partial charge is 0.467 e. The van der Waals surface area contributed by atoms with E-state index in [1.807, 2.05) is 6.07 Å². The summed E-state index contributed by atoms with van der Waals surface area (Å²) in [5.74, 6) is 1.43. The Kier molecular flexibility index (Phi) is 6.88. The molecule has 0 radical (unpaired) electrons. The van der Waals surface area contributed by atoms with Gasteiger partial charge in [-0.05, 0) is 37.5 Å². The van der Waals surface area contributed by atoms with E-state index in [1.165, 1.54) is 17.4 Å². The van der Waals surface area contributed by atoms with Gasteiger partial charge in [0.2, 0.25) is 5.89 Å². The zero-order chi connectivity index (χ0) is 20.8. The Morgan fingerprint density at radius 1 is 1.10 bits per heavy atom. The van der Waals surface area contributed by atoms with Crippen LogP contribution in [-0.2, 0) is 19.6 Å². The number of hydrogen-bond acceptors (Lipinski definition) is 5. The van der Waals surface area contributed by atoms with Crippen LogP contribution in [0.2, 0.25) is 0 Å². The molecule has 154 valence electrons. The fourth-order valence-corrected chi connectivity index (χ4v) is 3.03. The first-order valence-corrected chi connectivity index (χ1v) is 9.97. The van der Waals surface area contributed by atoms with Gasteiger partial charge < -0.3 is 14.2 Å². The monoisotopic (exact) mass is 395 g/mol. The average Bonchev–Trinajstić information content (AvgIpc) is 3.38. The summed E-state index contributed by atoms with van der Waals surface area (Å²) in [5, 5.41) is 2.79. The molecule has 6 nitrogen and oxygen atoms in total. The van der Waals surface area contributed by atoms with E-state index in [2.05, 4.69) is 67.2 Å². The van der Waals surface area contributed by atoms with E-state index in [9.17, 15) is 4.79 Å². The topological polar surface area (TPSA) is 71.5 Å². The van der Waals surface area contributed by atoms with E-state index in [1.54, 1.807) is 12.3 Å². The molecule has 1 N–H and O–H groups in total. The summed E-state index contributed by atoms with van der Waals surface area (Å²) in [5.41, 5.74) is 2.76.